The van der Waals surface area contributed by atoms with E-state index in [0.29, 0.717) is 6.67 Å². The Morgan fingerprint density at radius 3 is 2.38 bits per heavy atom. The molecule has 0 bridgehead atoms. The second-order valence-corrected chi connectivity index (χ2v) is 1.70. The molecule has 0 unspecified atom stereocenters. The number of carbonyl (C=O) groups is 1. The van der Waals surface area contributed by atoms with Gasteiger partial charge in [0.1, 0.15) is 6.09 Å². The number of nitrogens with one attached hydrogen (secondary N) is 1. The van der Waals surface area contributed by atoms with Crippen molar-refractivity contribution < 1.29 is 9.90 Å². The van der Waals surface area contributed by atoms with Crippen LogP contribution in [0.1, 0.15) is 0 Å². The van der Waals surface area contributed by atoms with Crippen molar-refractivity contribution in [2.75, 3.05) is 20.8 Å². The zero-order valence-corrected chi connectivity index (χ0v) is 4.97. The van der Waals surface area contributed by atoms with Gasteiger partial charge in [-0.2, -0.15) is 0 Å². The van der Waals surface area contributed by atoms with E-state index in [-0.39, 0.29) is 0 Å². The van der Waals surface area contributed by atoms with Crippen LogP contribution in [0.15, 0.2) is 0 Å². The molecule has 0 atom stereocenters. The molecule has 4 heteroatoms. The number of carbonyl (C=O) groups excluding carboxylic acids is 1. The molecule has 48 valence electrons. The summed E-state index contributed by atoms with van der Waals surface area (Å²) in [7, 11) is 3.52. The first kappa shape index (κ1) is 7.23. The highest BCUT2D eigenvalue weighted by Gasteiger charge is 1.84. The topological polar surface area (TPSA) is 55.4 Å². The Kier molecular flexibility index (Phi) is 2.95. The Hall–Kier alpha value is -0.770. The minimum absolute atomic E-state index is 0.308. The van der Waals surface area contributed by atoms with Gasteiger partial charge in [-0.25, -0.2) is 0 Å². The molecule has 0 heterocycles. The minimum atomic E-state index is -1.24. The van der Waals surface area contributed by atoms with Gasteiger partial charge < -0.3 is 15.2 Å². The van der Waals surface area contributed by atoms with Crippen LogP contribution in [-0.2, 0) is 0 Å². The Morgan fingerprint density at radius 2 is 2.25 bits per heavy atom. The quantitative estimate of drug-likeness (QED) is 0.445. The Bertz CT molecular complexity index is 82.1. The smallest absolute Gasteiger partial charge is 0.135 e. The molecule has 0 aromatic rings. The van der Waals surface area contributed by atoms with E-state index in [0.717, 1.165) is 0 Å². The van der Waals surface area contributed by atoms with Crippen molar-refractivity contribution in [3.05, 3.63) is 0 Å². The highest BCUT2D eigenvalue weighted by atomic mass is 16.4. The van der Waals surface area contributed by atoms with Crippen LogP contribution in [0.3, 0.4) is 0 Å². The molecule has 0 fully saturated rings. The predicted octanol–water partition coefficient (Wildman–Crippen LogP) is -1.56. The number of nitrogens with zero attached hydrogens (tertiary/aromatic N) is 1. The standard InChI is InChI=1S/C4H10N2O2/c1-6(2)3-5-4(7)8/h5H,3H2,1-2H3,(H,7,8)/p-1. The molecule has 0 spiro atoms. The van der Waals surface area contributed by atoms with E-state index >= 15 is 0 Å². The van der Waals surface area contributed by atoms with Crippen LogP contribution in [-0.4, -0.2) is 31.8 Å². The van der Waals surface area contributed by atoms with Crippen molar-refractivity contribution in [2.24, 2.45) is 0 Å². The van der Waals surface area contributed by atoms with Crippen molar-refractivity contribution >= 4 is 6.09 Å². The van der Waals surface area contributed by atoms with E-state index < -0.39 is 6.09 Å². The largest absolute Gasteiger partial charge is 0.530 e. The molecule has 0 aliphatic rings. The summed E-state index contributed by atoms with van der Waals surface area (Å²) in [6, 6.07) is 0. The average molecular weight is 117 g/mol. The first-order valence-corrected chi connectivity index (χ1v) is 2.22. The Balaban J connectivity index is 3.05. The summed E-state index contributed by atoms with van der Waals surface area (Å²) >= 11 is 0. The lowest BCUT2D eigenvalue weighted by Gasteiger charge is -2.11. The maximum Gasteiger partial charge on any atom is 0.135 e. The zero-order chi connectivity index (χ0) is 6.57. The van der Waals surface area contributed by atoms with Crippen molar-refractivity contribution in [1.29, 1.82) is 0 Å². The second kappa shape index (κ2) is 3.26. The Morgan fingerprint density at radius 1 is 1.75 bits per heavy atom. The monoisotopic (exact) mass is 117 g/mol. The second-order valence-electron chi connectivity index (χ2n) is 1.70. The van der Waals surface area contributed by atoms with Gasteiger partial charge in [-0.15, -0.1) is 0 Å². The van der Waals surface area contributed by atoms with Gasteiger partial charge in [-0.3, -0.25) is 4.90 Å². The molecule has 1 amide bonds. The van der Waals surface area contributed by atoms with Crippen LogP contribution >= 0.6 is 0 Å². The van der Waals surface area contributed by atoms with Crippen LogP contribution in [0.2, 0.25) is 0 Å². The molecule has 4 nitrogen and oxygen atoms in total. The number of rotatable bonds is 2. The first-order valence-electron chi connectivity index (χ1n) is 2.22. The van der Waals surface area contributed by atoms with Crippen molar-refractivity contribution in [3.8, 4) is 0 Å². The molecule has 0 saturated heterocycles. The van der Waals surface area contributed by atoms with Crippen molar-refractivity contribution in [3.63, 3.8) is 0 Å². The van der Waals surface area contributed by atoms with Crippen molar-refractivity contribution in [1.82, 2.24) is 10.2 Å². The summed E-state index contributed by atoms with van der Waals surface area (Å²) in [6.45, 7) is 0.308. The number of carboxylic acid groups (broad SMARTS) is 1. The van der Waals surface area contributed by atoms with Gasteiger partial charge in [-0.05, 0) is 14.1 Å². The van der Waals surface area contributed by atoms with Gasteiger partial charge in [-0.1, -0.05) is 0 Å². The van der Waals surface area contributed by atoms with Crippen LogP contribution in [0, 0.1) is 0 Å². The minimum Gasteiger partial charge on any atom is -0.530 e. The van der Waals surface area contributed by atoms with E-state index in [4.69, 9.17) is 0 Å². The van der Waals surface area contributed by atoms with Crippen LogP contribution in [0.4, 0.5) is 4.79 Å². The molecule has 0 aliphatic carbocycles. The summed E-state index contributed by atoms with van der Waals surface area (Å²) in [5.74, 6) is 0. The molecule has 0 rings (SSSR count). The van der Waals surface area contributed by atoms with Crippen LogP contribution < -0.4 is 10.4 Å². The van der Waals surface area contributed by atoms with Gasteiger partial charge in [0.15, 0.2) is 0 Å². The number of hydrogen-bond acceptors (Lipinski definition) is 3. The van der Waals surface area contributed by atoms with E-state index in [9.17, 15) is 9.90 Å². The molecule has 0 saturated carbocycles. The fourth-order valence-electron chi connectivity index (χ4n) is 0.223. The highest BCUT2D eigenvalue weighted by molar-refractivity contribution is 5.61. The number of hydrogen-bond donors (Lipinski definition) is 1. The van der Waals surface area contributed by atoms with Crippen LogP contribution in [0.25, 0.3) is 0 Å². The molecule has 0 radical (unpaired) electrons. The van der Waals surface area contributed by atoms with E-state index in [1.807, 2.05) is 0 Å². The summed E-state index contributed by atoms with van der Waals surface area (Å²) in [4.78, 5) is 11.3. The lowest BCUT2D eigenvalue weighted by Crippen LogP contribution is -2.41. The molecule has 0 aromatic heterocycles. The van der Waals surface area contributed by atoms with E-state index in [1.54, 1.807) is 19.0 Å². The van der Waals surface area contributed by atoms with Crippen molar-refractivity contribution in [2.45, 2.75) is 0 Å². The SMILES string of the molecule is CN(C)CNC(=O)[O-]. The molecule has 0 aromatic carbocycles. The maximum absolute atomic E-state index is 9.65. The molecular formula is C4H9N2O2-. The average Bonchev–Trinajstić information content (AvgIpc) is 1.61. The summed E-state index contributed by atoms with van der Waals surface area (Å²) in [6.07, 6.45) is -1.24. The lowest BCUT2D eigenvalue weighted by molar-refractivity contribution is -0.251. The van der Waals surface area contributed by atoms with Crippen LogP contribution in [0.5, 0.6) is 0 Å². The van der Waals surface area contributed by atoms with E-state index in [2.05, 4.69) is 5.32 Å². The fraction of sp³-hybridized carbons (Fsp3) is 0.750. The summed E-state index contributed by atoms with van der Waals surface area (Å²) in [5, 5.41) is 11.7. The third kappa shape index (κ3) is 5.23. The molecule has 8 heavy (non-hydrogen) atoms. The first-order chi connectivity index (χ1) is 3.63. The zero-order valence-electron chi connectivity index (χ0n) is 4.97. The highest BCUT2D eigenvalue weighted by Crippen LogP contribution is 1.64. The van der Waals surface area contributed by atoms with Gasteiger partial charge in [0.25, 0.3) is 0 Å². The van der Waals surface area contributed by atoms with Gasteiger partial charge in [0.2, 0.25) is 0 Å². The van der Waals surface area contributed by atoms with E-state index in [1.165, 1.54) is 0 Å². The molecule has 1 N–H and O–H groups in total. The molecule has 0 aliphatic heterocycles. The third-order valence-corrected chi connectivity index (χ3v) is 0.540. The predicted molar refractivity (Wildman–Crippen MR) is 27.1 cm³/mol. The summed E-state index contributed by atoms with van der Waals surface area (Å²) < 4.78 is 0. The maximum atomic E-state index is 9.65. The summed E-state index contributed by atoms with van der Waals surface area (Å²) in [5.41, 5.74) is 0. The molecular weight excluding hydrogens is 108 g/mol. The number of amides is 1. The van der Waals surface area contributed by atoms with Gasteiger partial charge >= 0.3 is 0 Å². The normalized spacial score (nSPS) is 9.38. The third-order valence-electron chi connectivity index (χ3n) is 0.540. The fourth-order valence-corrected chi connectivity index (χ4v) is 0.223. The lowest BCUT2D eigenvalue weighted by atomic mass is 10.8. The Labute approximate surface area is 48.1 Å². The van der Waals surface area contributed by atoms with Gasteiger partial charge in [0, 0.05) is 0 Å². The van der Waals surface area contributed by atoms with Gasteiger partial charge in [0.05, 0.1) is 6.67 Å².